The first kappa shape index (κ1) is 11.3. The van der Waals surface area contributed by atoms with Crippen LogP contribution in [0.2, 0.25) is 0 Å². The van der Waals surface area contributed by atoms with Gasteiger partial charge in [-0.2, -0.15) is 0 Å². The van der Waals surface area contributed by atoms with Gasteiger partial charge in [0.1, 0.15) is 0 Å². The Morgan fingerprint density at radius 2 is 2.13 bits per heavy atom. The lowest BCUT2D eigenvalue weighted by Gasteiger charge is -2.05. The average molecular weight is 205 g/mol. The summed E-state index contributed by atoms with van der Waals surface area (Å²) in [5.74, 6) is -0.335. The Balaban J connectivity index is 2.89. The zero-order chi connectivity index (χ0) is 11.3. The van der Waals surface area contributed by atoms with E-state index < -0.39 is 0 Å². The van der Waals surface area contributed by atoms with Gasteiger partial charge >= 0.3 is 5.97 Å². The van der Waals surface area contributed by atoms with Crippen LogP contribution in [-0.4, -0.2) is 12.6 Å². The molecule has 0 heterocycles. The second-order valence-electron chi connectivity index (χ2n) is 3.17. The van der Waals surface area contributed by atoms with Gasteiger partial charge in [-0.25, -0.2) is 4.79 Å². The zero-order valence-electron chi connectivity index (χ0n) is 8.99. The maximum absolute atomic E-state index is 11.2. The van der Waals surface area contributed by atoms with Crippen molar-refractivity contribution in [2.24, 2.45) is 0 Å². The lowest BCUT2D eigenvalue weighted by Crippen LogP contribution is -2.01. The first-order valence-electron chi connectivity index (χ1n) is 4.85. The summed E-state index contributed by atoms with van der Waals surface area (Å²) in [5, 5.41) is 0. The molecule has 0 aliphatic heterocycles. The van der Waals surface area contributed by atoms with Crippen LogP contribution in [0.25, 0.3) is 5.57 Å². The summed E-state index contributed by atoms with van der Waals surface area (Å²) in [7, 11) is 0. The second kappa shape index (κ2) is 5.20. The Morgan fingerprint density at radius 1 is 1.47 bits per heavy atom. The van der Waals surface area contributed by atoms with Crippen LogP contribution in [-0.2, 0) is 9.53 Å². The maximum Gasteiger partial charge on any atom is 0.331 e. The maximum atomic E-state index is 11.2. The van der Waals surface area contributed by atoms with Crippen molar-refractivity contribution >= 4 is 17.2 Å². The minimum atomic E-state index is -0.335. The Bertz CT molecular complexity index is 383. The fraction of sp³-hybridized carbons (Fsp3) is 0.250. The predicted octanol–water partition coefficient (Wildman–Crippen LogP) is 2.24. The highest BCUT2D eigenvalue weighted by Crippen LogP contribution is 2.20. The van der Waals surface area contributed by atoms with Crippen LogP contribution in [0.15, 0.2) is 30.3 Å². The molecule has 1 rings (SSSR count). The average Bonchev–Trinajstić information content (AvgIpc) is 2.18. The van der Waals surface area contributed by atoms with Gasteiger partial charge in [0.2, 0.25) is 0 Å². The molecule has 80 valence electrons. The summed E-state index contributed by atoms with van der Waals surface area (Å²) >= 11 is 0. The van der Waals surface area contributed by atoms with Crippen LogP contribution in [0.1, 0.15) is 19.4 Å². The Hall–Kier alpha value is -1.77. The fourth-order valence-electron chi connectivity index (χ4n) is 1.29. The lowest BCUT2D eigenvalue weighted by atomic mass is 10.1. The van der Waals surface area contributed by atoms with Gasteiger partial charge in [-0.15, -0.1) is 0 Å². The van der Waals surface area contributed by atoms with Crippen molar-refractivity contribution in [3.05, 3.63) is 35.9 Å². The van der Waals surface area contributed by atoms with Crippen molar-refractivity contribution < 1.29 is 9.53 Å². The van der Waals surface area contributed by atoms with Gasteiger partial charge in [0, 0.05) is 17.3 Å². The largest absolute Gasteiger partial charge is 0.463 e. The highest BCUT2D eigenvalue weighted by atomic mass is 16.5. The van der Waals surface area contributed by atoms with Gasteiger partial charge < -0.3 is 10.5 Å². The number of allylic oxidation sites excluding steroid dienone is 1. The second-order valence-corrected chi connectivity index (χ2v) is 3.17. The van der Waals surface area contributed by atoms with Crippen LogP contribution < -0.4 is 5.73 Å². The van der Waals surface area contributed by atoms with Gasteiger partial charge in [0.15, 0.2) is 0 Å². The first-order valence-corrected chi connectivity index (χ1v) is 4.85. The third kappa shape index (κ3) is 3.13. The molecule has 15 heavy (non-hydrogen) atoms. The van der Waals surface area contributed by atoms with Crippen molar-refractivity contribution in [1.29, 1.82) is 0 Å². The van der Waals surface area contributed by atoms with E-state index in [-0.39, 0.29) is 5.97 Å². The summed E-state index contributed by atoms with van der Waals surface area (Å²) in [4.78, 5) is 11.2. The molecular weight excluding hydrogens is 190 g/mol. The molecule has 1 aromatic carbocycles. The van der Waals surface area contributed by atoms with Crippen molar-refractivity contribution in [2.45, 2.75) is 13.8 Å². The summed E-state index contributed by atoms with van der Waals surface area (Å²) in [6.07, 6.45) is 1.45. The molecule has 0 aliphatic carbocycles. The quantitative estimate of drug-likeness (QED) is 0.467. The number of carbonyl (C=O) groups excluding carboxylic acids is 1. The molecule has 0 atom stereocenters. The van der Waals surface area contributed by atoms with Crippen molar-refractivity contribution in [3.63, 3.8) is 0 Å². The van der Waals surface area contributed by atoms with E-state index in [9.17, 15) is 4.79 Å². The summed E-state index contributed by atoms with van der Waals surface area (Å²) < 4.78 is 4.82. The number of ether oxygens (including phenoxy) is 1. The number of rotatable bonds is 3. The highest BCUT2D eigenvalue weighted by molar-refractivity contribution is 5.92. The number of benzene rings is 1. The van der Waals surface area contributed by atoms with Crippen molar-refractivity contribution in [3.8, 4) is 0 Å². The Morgan fingerprint density at radius 3 is 2.73 bits per heavy atom. The fourth-order valence-corrected chi connectivity index (χ4v) is 1.29. The van der Waals surface area contributed by atoms with Gasteiger partial charge in [0.05, 0.1) is 6.61 Å². The van der Waals surface area contributed by atoms with Gasteiger partial charge in [-0.3, -0.25) is 0 Å². The zero-order valence-corrected chi connectivity index (χ0v) is 8.99. The number of nitrogens with two attached hydrogens (primary N) is 1. The molecule has 0 aliphatic rings. The monoisotopic (exact) mass is 205 g/mol. The standard InChI is InChI=1S/C12H15NO2/c1-3-15-12(14)8-9(2)10-6-4-5-7-11(10)13/h4-8H,3,13H2,1-2H3/b9-8+. The normalized spacial score (nSPS) is 11.2. The van der Waals surface area contributed by atoms with Gasteiger partial charge in [-0.05, 0) is 25.5 Å². The molecule has 2 N–H and O–H groups in total. The minimum Gasteiger partial charge on any atom is -0.463 e. The predicted molar refractivity (Wildman–Crippen MR) is 61.1 cm³/mol. The van der Waals surface area contributed by atoms with Gasteiger partial charge in [-0.1, -0.05) is 18.2 Å². The van der Waals surface area contributed by atoms with E-state index in [0.717, 1.165) is 11.1 Å². The Labute approximate surface area is 89.5 Å². The van der Waals surface area contributed by atoms with Crippen LogP contribution in [0.3, 0.4) is 0 Å². The summed E-state index contributed by atoms with van der Waals surface area (Å²) in [5.41, 5.74) is 8.12. The molecule has 3 nitrogen and oxygen atoms in total. The summed E-state index contributed by atoms with van der Waals surface area (Å²) in [6.45, 7) is 3.99. The molecule has 1 aromatic rings. The molecular formula is C12H15NO2. The number of hydrogen-bond acceptors (Lipinski definition) is 3. The number of hydrogen-bond donors (Lipinski definition) is 1. The van der Waals surface area contributed by atoms with E-state index in [4.69, 9.17) is 10.5 Å². The van der Waals surface area contributed by atoms with E-state index in [1.54, 1.807) is 13.0 Å². The van der Waals surface area contributed by atoms with Crippen LogP contribution >= 0.6 is 0 Å². The molecule has 3 heteroatoms. The van der Waals surface area contributed by atoms with E-state index in [1.165, 1.54) is 6.08 Å². The number of anilines is 1. The number of para-hydroxylation sites is 1. The first-order chi connectivity index (χ1) is 7.15. The SMILES string of the molecule is CCOC(=O)/C=C(\C)c1ccccc1N. The molecule has 0 fully saturated rings. The molecule has 0 radical (unpaired) electrons. The van der Waals surface area contributed by atoms with Crippen LogP contribution in [0.5, 0.6) is 0 Å². The van der Waals surface area contributed by atoms with Crippen molar-refractivity contribution in [1.82, 2.24) is 0 Å². The van der Waals surface area contributed by atoms with E-state index in [1.807, 2.05) is 25.1 Å². The van der Waals surface area contributed by atoms with E-state index in [2.05, 4.69) is 0 Å². The highest BCUT2D eigenvalue weighted by Gasteiger charge is 2.03. The van der Waals surface area contributed by atoms with Crippen LogP contribution in [0, 0.1) is 0 Å². The molecule has 0 spiro atoms. The smallest absolute Gasteiger partial charge is 0.331 e. The molecule has 0 bridgehead atoms. The third-order valence-electron chi connectivity index (χ3n) is 2.01. The Kier molecular flexibility index (Phi) is 3.92. The molecule has 0 saturated heterocycles. The minimum absolute atomic E-state index is 0.335. The van der Waals surface area contributed by atoms with Crippen LogP contribution in [0.4, 0.5) is 5.69 Å². The molecule has 0 amide bonds. The molecule has 0 saturated carbocycles. The third-order valence-corrected chi connectivity index (χ3v) is 2.01. The topological polar surface area (TPSA) is 52.3 Å². The lowest BCUT2D eigenvalue weighted by molar-refractivity contribution is -0.137. The van der Waals surface area contributed by atoms with Gasteiger partial charge in [0.25, 0.3) is 0 Å². The van der Waals surface area contributed by atoms with E-state index in [0.29, 0.717) is 12.3 Å². The number of carbonyl (C=O) groups is 1. The molecule has 0 aromatic heterocycles. The molecule has 0 unspecified atom stereocenters. The van der Waals surface area contributed by atoms with Crippen molar-refractivity contribution in [2.75, 3.05) is 12.3 Å². The number of esters is 1. The summed E-state index contributed by atoms with van der Waals surface area (Å²) in [6, 6.07) is 7.42. The van der Waals surface area contributed by atoms with E-state index >= 15 is 0 Å². The number of nitrogen functional groups attached to an aromatic ring is 1.